The van der Waals surface area contributed by atoms with Crippen molar-refractivity contribution in [2.24, 2.45) is 0 Å². The lowest BCUT2D eigenvalue weighted by Crippen LogP contribution is -2.21. The van der Waals surface area contributed by atoms with Gasteiger partial charge in [0.15, 0.2) is 0 Å². The molecule has 4 nitrogen and oxygen atoms in total. The average Bonchev–Trinajstić information content (AvgIpc) is 2.36. The van der Waals surface area contributed by atoms with Crippen molar-refractivity contribution in [3.8, 4) is 0 Å². The Morgan fingerprint density at radius 2 is 2.05 bits per heavy atom. The average molecular weight is 282 g/mol. The first-order valence-electron chi connectivity index (χ1n) is 5.35. The van der Waals surface area contributed by atoms with Crippen molar-refractivity contribution in [1.82, 2.24) is 4.57 Å². The molecule has 1 aromatic carbocycles. The normalized spacial score (nSPS) is 10.4. The summed E-state index contributed by atoms with van der Waals surface area (Å²) in [5, 5.41) is 9.20. The molecule has 0 atom stereocenters. The third-order valence-electron chi connectivity index (χ3n) is 2.58. The molecule has 2 aromatic rings. The van der Waals surface area contributed by atoms with E-state index in [1.54, 1.807) is 0 Å². The number of halogens is 2. The van der Waals surface area contributed by atoms with Crippen LogP contribution in [0.25, 0.3) is 0 Å². The van der Waals surface area contributed by atoms with Crippen LogP contribution in [0.3, 0.4) is 0 Å². The molecule has 0 radical (unpaired) electrons. The smallest absolute Gasteiger partial charge is 0.337 e. The zero-order chi connectivity index (χ0) is 14.0. The van der Waals surface area contributed by atoms with Crippen molar-refractivity contribution in [3.05, 3.63) is 68.8 Å². The van der Waals surface area contributed by atoms with Crippen molar-refractivity contribution in [2.75, 3.05) is 0 Å². The molecule has 1 heterocycles. The van der Waals surface area contributed by atoms with Gasteiger partial charge in [0, 0.05) is 22.8 Å². The van der Waals surface area contributed by atoms with Gasteiger partial charge < -0.3 is 9.67 Å². The molecule has 0 aliphatic rings. The van der Waals surface area contributed by atoms with E-state index >= 15 is 0 Å². The zero-order valence-electron chi connectivity index (χ0n) is 9.64. The van der Waals surface area contributed by atoms with Gasteiger partial charge in [-0.25, -0.2) is 9.18 Å². The van der Waals surface area contributed by atoms with Crippen molar-refractivity contribution in [1.29, 1.82) is 0 Å². The SMILES string of the molecule is O=C(O)c1ccc(=O)n(Cc2cc(Cl)ccc2F)c1. The topological polar surface area (TPSA) is 59.3 Å². The number of carboxylic acid groups (broad SMARTS) is 1. The van der Waals surface area contributed by atoms with Crippen molar-refractivity contribution < 1.29 is 14.3 Å². The van der Waals surface area contributed by atoms with Crippen LogP contribution in [0.5, 0.6) is 0 Å². The monoisotopic (exact) mass is 281 g/mol. The molecule has 98 valence electrons. The van der Waals surface area contributed by atoms with E-state index in [9.17, 15) is 14.0 Å². The fourth-order valence-electron chi connectivity index (χ4n) is 1.63. The van der Waals surface area contributed by atoms with Crippen LogP contribution in [0.1, 0.15) is 15.9 Å². The fraction of sp³-hybridized carbons (Fsp3) is 0.0769. The van der Waals surface area contributed by atoms with Gasteiger partial charge in [0.25, 0.3) is 5.56 Å². The zero-order valence-corrected chi connectivity index (χ0v) is 10.4. The van der Waals surface area contributed by atoms with Gasteiger partial charge in [-0.15, -0.1) is 0 Å². The molecule has 0 spiro atoms. The molecule has 0 aliphatic carbocycles. The van der Waals surface area contributed by atoms with Gasteiger partial charge in [-0.3, -0.25) is 4.79 Å². The maximum absolute atomic E-state index is 13.6. The van der Waals surface area contributed by atoms with Crippen LogP contribution >= 0.6 is 11.6 Å². The van der Waals surface area contributed by atoms with Crippen LogP contribution in [-0.2, 0) is 6.54 Å². The quantitative estimate of drug-likeness (QED) is 0.940. The summed E-state index contributed by atoms with van der Waals surface area (Å²) in [5.74, 6) is -1.66. The van der Waals surface area contributed by atoms with Crippen molar-refractivity contribution >= 4 is 17.6 Å². The van der Waals surface area contributed by atoms with Gasteiger partial charge in [-0.05, 0) is 24.3 Å². The maximum atomic E-state index is 13.6. The number of nitrogens with zero attached hydrogens (tertiary/aromatic N) is 1. The van der Waals surface area contributed by atoms with E-state index in [0.29, 0.717) is 5.02 Å². The lowest BCUT2D eigenvalue weighted by Gasteiger charge is -2.08. The van der Waals surface area contributed by atoms with Gasteiger partial charge in [-0.1, -0.05) is 11.6 Å². The lowest BCUT2D eigenvalue weighted by molar-refractivity contribution is 0.0696. The Morgan fingerprint density at radius 1 is 1.32 bits per heavy atom. The number of pyridine rings is 1. The molecular formula is C13H9ClFNO3. The number of hydrogen-bond acceptors (Lipinski definition) is 2. The molecule has 2 rings (SSSR count). The van der Waals surface area contributed by atoms with Crippen LogP contribution in [-0.4, -0.2) is 15.6 Å². The lowest BCUT2D eigenvalue weighted by atomic mass is 10.2. The first-order valence-corrected chi connectivity index (χ1v) is 5.73. The van der Waals surface area contributed by atoms with Gasteiger partial charge in [0.1, 0.15) is 5.82 Å². The second-order valence-corrected chi connectivity index (χ2v) is 4.36. The predicted molar refractivity (Wildman–Crippen MR) is 68.2 cm³/mol. The summed E-state index contributed by atoms with van der Waals surface area (Å²) in [5.41, 5.74) is -0.233. The van der Waals surface area contributed by atoms with E-state index < -0.39 is 17.3 Å². The second-order valence-electron chi connectivity index (χ2n) is 3.92. The van der Waals surface area contributed by atoms with Gasteiger partial charge >= 0.3 is 5.97 Å². The number of carbonyl (C=O) groups is 1. The standard InChI is InChI=1S/C13H9ClFNO3/c14-10-2-3-11(15)9(5-10)7-16-6-8(13(18)19)1-4-12(16)17/h1-6H,7H2,(H,18,19). The number of aromatic carboxylic acids is 1. The number of carboxylic acids is 1. The highest BCUT2D eigenvalue weighted by Crippen LogP contribution is 2.15. The molecular weight excluding hydrogens is 273 g/mol. The summed E-state index contributed by atoms with van der Waals surface area (Å²) >= 11 is 5.76. The molecule has 0 saturated heterocycles. The predicted octanol–water partition coefficient (Wildman–Crippen LogP) is 2.39. The number of benzene rings is 1. The van der Waals surface area contributed by atoms with Crippen LogP contribution in [0.15, 0.2) is 41.3 Å². The van der Waals surface area contributed by atoms with Gasteiger partial charge in [0.05, 0.1) is 12.1 Å². The minimum Gasteiger partial charge on any atom is -0.478 e. The number of rotatable bonds is 3. The Balaban J connectivity index is 2.43. The third kappa shape index (κ3) is 3.00. The summed E-state index contributed by atoms with van der Waals surface area (Å²) in [7, 11) is 0. The van der Waals surface area contributed by atoms with Crippen LogP contribution in [0, 0.1) is 5.82 Å². The molecule has 0 unspecified atom stereocenters. The molecule has 1 N–H and O–H groups in total. The highest BCUT2D eigenvalue weighted by molar-refractivity contribution is 6.30. The molecule has 0 fully saturated rings. The van der Waals surface area contributed by atoms with Crippen LogP contribution < -0.4 is 5.56 Å². The highest BCUT2D eigenvalue weighted by atomic mass is 35.5. The summed E-state index contributed by atoms with van der Waals surface area (Å²) in [6.45, 7) is -0.0770. The summed E-state index contributed by atoms with van der Waals surface area (Å²) in [6, 6.07) is 6.33. The largest absolute Gasteiger partial charge is 0.478 e. The number of hydrogen-bond donors (Lipinski definition) is 1. The Bertz CT molecular complexity index is 697. The van der Waals surface area contributed by atoms with E-state index in [0.717, 1.165) is 10.6 Å². The fourth-order valence-corrected chi connectivity index (χ4v) is 1.82. The van der Waals surface area contributed by atoms with Gasteiger partial charge in [0.2, 0.25) is 0 Å². The van der Waals surface area contributed by atoms with E-state index in [1.807, 2.05) is 0 Å². The summed E-state index contributed by atoms with van der Waals surface area (Å²) in [6.07, 6.45) is 1.17. The van der Waals surface area contributed by atoms with Crippen molar-refractivity contribution in [2.45, 2.75) is 6.54 Å². The van der Waals surface area contributed by atoms with Crippen molar-refractivity contribution in [3.63, 3.8) is 0 Å². The Hall–Kier alpha value is -2.14. The second kappa shape index (κ2) is 5.24. The molecule has 19 heavy (non-hydrogen) atoms. The molecule has 1 aromatic heterocycles. The summed E-state index contributed by atoms with van der Waals surface area (Å²) < 4.78 is 14.7. The van der Waals surface area contributed by atoms with Gasteiger partial charge in [-0.2, -0.15) is 0 Å². The Labute approximate surface area is 112 Å². The van der Waals surface area contributed by atoms with E-state index in [4.69, 9.17) is 16.7 Å². The van der Waals surface area contributed by atoms with E-state index in [1.165, 1.54) is 30.5 Å². The molecule has 0 aliphatic heterocycles. The van der Waals surface area contributed by atoms with E-state index in [-0.39, 0.29) is 17.7 Å². The van der Waals surface area contributed by atoms with Crippen LogP contribution in [0.4, 0.5) is 4.39 Å². The highest BCUT2D eigenvalue weighted by Gasteiger charge is 2.08. The van der Waals surface area contributed by atoms with E-state index in [2.05, 4.69) is 0 Å². The first-order chi connectivity index (χ1) is 8.97. The summed E-state index contributed by atoms with van der Waals surface area (Å²) in [4.78, 5) is 22.4. The Morgan fingerprint density at radius 3 is 2.74 bits per heavy atom. The maximum Gasteiger partial charge on any atom is 0.337 e. The molecule has 0 saturated carbocycles. The van der Waals surface area contributed by atoms with Crippen LogP contribution in [0.2, 0.25) is 5.02 Å². The molecule has 0 bridgehead atoms. The first kappa shape index (κ1) is 13.3. The molecule has 0 amide bonds. The molecule has 6 heteroatoms. The third-order valence-corrected chi connectivity index (χ3v) is 2.81. The minimum absolute atomic E-state index is 0.0398. The number of aromatic nitrogens is 1. The minimum atomic E-state index is -1.15. The Kier molecular flexibility index (Phi) is 3.66.